The molecular formula is C19H13ClN2O6. The number of rotatable bonds is 4. The second-order valence-corrected chi connectivity index (χ2v) is 6.73. The molecule has 0 saturated carbocycles. The lowest BCUT2D eigenvalue weighted by Crippen LogP contribution is -2.32. The van der Waals surface area contributed by atoms with Crippen molar-refractivity contribution in [1.29, 1.82) is 0 Å². The molecule has 0 radical (unpaired) electrons. The first kappa shape index (κ1) is 18.1. The van der Waals surface area contributed by atoms with Crippen LogP contribution in [-0.2, 0) is 0 Å². The average Bonchev–Trinajstić information content (AvgIpc) is 2.95. The Morgan fingerprint density at radius 2 is 2.00 bits per heavy atom. The maximum Gasteiger partial charge on any atom is 0.290 e. The highest BCUT2D eigenvalue weighted by molar-refractivity contribution is 6.31. The number of hydrogen-bond donors (Lipinski definition) is 1. The smallest absolute Gasteiger partial charge is 0.290 e. The highest BCUT2D eigenvalue weighted by atomic mass is 35.5. The Bertz CT molecular complexity index is 1190. The van der Waals surface area contributed by atoms with Crippen LogP contribution in [0, 0.1) is 10.1 Å². The quantitative estimate of drug-likeness (QED) is 0.532. The van der Waals surface area contributed by atoms with Gasteiger partial charge in [0.25, 0.3) is 11.6 Å². The zero-order valence-electron chi connectivity index (χ0n) is 14.3. The number of β-amino-alcohol motifs (C(OH)–C–C–N with tert-alkyl or cyclic N) is 1. The van der Waals surface area contributed by atoms with Gasteiger partial charge in [0.1, 0.15) is 5.58 Å². The molecule has 1 aliphatic heterocycles. The molecule has 0 saturated heterocycles. The Hall–Kier alpha value is -3.23. The van der Waals surface area contributed by atoms with Gasteiger partial charge in [0.2, 0.25) is 5.76 Å². The first-order valence-corrected chi connectivity index (χ1v) is 8.72. The predicted molar refractivity (Wildman–Crippen MR) is 101 cm³/mol. The molecule has 0 aliphatic carbocycles. The summed E-state index contributed by atoms with van der Waals surface area (Å²) in [6, 6.07) is 9.28. The van der Waals surface area contributed by atoms with E-state index in [1.54, 1.807) is 12.1 Å². The van der Waals surface area contributed by atoms with E-state index in [0.717, 1.165) is 0 Å². The first-order chi connectivity index (χ1) is 13.4. The minimum atomic E-state index is -0.908. The summed E-state index contributed by atoms with van der Waals surface area (Å²) in [6.45, 7) is -0.405. The van der Waals surface area contributed by atoms with Crippen LogP contribution in [-0.4, -0.2) is 34.0 Å². The van der Waals surface area contributed by atoms with Gasteiger partial charge in [0.05, 0.1) is 28.5 Å². The van der Waals surface area contributed by atoms with Crippen molar-refractivity contribution >= 4 is 34.2 Å². The fourth-order valence-electron chi connectivity index (χ4n) is 3.49. The van der Waals surface area contributed by atoms with Crippen LogP contribution in [0.2, 0.25) is 5.02 Å². The highest BCUT2D eigenvalue weighted by Gasteiger charge is 2.42. The molecular weight excluding hydrogens is 388 g/mol. The van der Waals surface area contributed by atoms with Crippen LogP contribution in [0.3, 0.4) is 0 Å². The lowest BCUT2D eigenvalue weighted by atomic mass is 9.98. The normalized spacial score (nSPS) is 15.9. The zero-order chi connectivity index (χ0) is 20.0. The molecule has 8 nitrogen and oxygen atoms in total. The SMILES string of the molecule is O=C1c2oc3ccc(Cl)cc3c(=O)c2[C@@H](c2cccc([N+](=O)[O-])c2)N1CCO. The number of aliphatic hydroxyl groups excluding tert-OH is 1. The van der Waals surface area contributed by atoms with Crippen LogP contribution in [0.25, 0.3) is 11.0 Å². The number of non-ortho nitro benzene ring substituents is 1. The van der Waals surface area contributed by atoms with Gasteiger partial charge in [-0.15, -0.1) is 0 Å². The molecule has 9 heteroatoms. The summed E-state index contributed by atoms with van der Waals surface area (Å²) in [5, 5.41) is 21.1. The van der Waals surface area contributed by atoms with Crippen molar-refractivity contribution in [3.63, 3.8) is 0 Å². The monoisotopic (exact) mass is 400 g/mol. The van der Waals surface area contributed by atoms with Gasteiger partial charge in [-0.25, -0.2) is 0 Å². The van der Waals surface area contributed by atoms with Crippen LogP contribution in [0.4, 0.5) is 5.69 Å². The van der Waals surface area contributed by atoms with Crippen LogP contribution < -0.4 is 5.43 Å². The Morgan fingerprint density at radius 3 is 2.71 bits per heavy atom. The maximum atomic E-state index is 13.2. The molecule has 3 aromatic rings. The maximum absolute atomic E-state index is 13.2. The van der Waals surface area contributed by atoms with Gasteiger partial charge in [-0.1, -0.05) is 23.7 Å². The number of fused-ring (bicyclic) bond motifs is 2. The van der Waals surface area contributed by atoms with E-state index in [1.165, 1.54) is 35.2 Å². The minimum Gasteiger partial charge on any atom is -0.450 e. The summed E-state index contributed by atoms with van der Waals surface area (Å²) in [5.41, 5.74) is 0.0573. The number of hydrogen-bond acceptors (Lipinski definition) is 6. The number of nitro benzene ring substituents is 1. The molecule has 1 aliphatic rings. The van der Waals surface area contributed by atoms with Crippen molar-refractivity contribution in [1.82, 2.24) is 4.90 Å². The number of carbonyl (C=O) groups is 1. The van der Waals surface area contributed by atoms with E-state index in [9.17, 15) is 24.8 Å². The fraction of sp³-hybridized carbons (Fsp3) is 0.158. The van der Waals surface area contributed by atoms with Crippen molar-refractivity contribution in [3.05, 3.63) is 84.7 Å². The summed E-state index contributed by atoms with van der Waals surface area (Å²) >= 11 is 5.99. The molecule has 2 aromatic carbocycles. The molecule has 0 fully saturated rings. The minimum absolute atomic E-state index is 0.0626. The van der Waals surface area contributed by atoms with Gasteiger partial charge in [0.15, 0.2) is 5.43 Å². The lowest BCUT2D eigenvalue weighted by molar-refractivity contribution is -0.384. The van der Waals surface area contributed by atoms with Gasteiger partial charge >= 0.3 is 0 Å². The standard InChI is InChI=1S/C19H13ClN2O6/c20-11-4-5-14-13(9-11)17(24)15-16(10-2-1-3-12(8-10)22(26)27)21(6-7-23)19(25)18(15)28-14/h1-5,8-9,16,23H,6-7H2/t16-/m1/s1. The number of amides is 1. The number of benzene rings is 2. The number of nitro groups is 1. The molecule has 0 bridgehead atoms. The van der Waals surface area contributed by atoms with E-state index in [-0.39, 0.29) is 41.1 Å². The third kappa shape index (κ3) is 2.74. The van der Waals surface area contributed by atoms with Crippen molar-refractivity contribution < 1.29 is 19.2 Å². The molecule has 1 N–H and O–H groups in total. The summed E-state index contributed by atoms with van der Waals surface area (Å²) in [6.07, 6.45) is 0. The summed E-state index contributed by atoms with van der Waals surface area (Å²) in [5.74, 6) is -0.695. The summed E-state index contributed by atoms with van der Waals surface area (Å²) in [4.78, 5) is 37.9. The van der Waals surface area contributed by atoms with Crippen LogP contribution in [0.15, 0.2) is 51.7 Å². The van der Waals surface area contributed by atoms with Gasteiger partial charge in [-0.3, -0.25) is 19.7 Å². The van der Waals surface area contributed by atoms with E-state index in [2.05, 4.69) is 0 Å². The second-order valence-electron chi connectivity index (χ2n) is 6.29. The second kappa shape index (κ2) is 6.74. The molecule has 2 heterocycles. The van der Waals surface area contributed by atoms with E-state index < -0.39 is 22.3 Å². The molecule has 0 spiro atoms. The Kier molecular flexibility index (Phi) is 4.37. The van der Waals surface area contributed by atoms with Gasteiger partial charge in [-0.2, -0.15) is 0 Å². The van der Waals surface area contributed by atoms with E-state index in [1.807, 2.05) is 0 Å². The van der Waals surface area contributed by atoms with Crippen molar-refractivity contribution in [3.8, 4) is 0 Å². The van der Waals surface area contributed by atoms with Crippen molar-refractivity contribution in [2.45, 2.75) is 6.04 Å². The third-order valence-electron chi connectivity index (χ3n) is 4.67. The first-order valence-electron chi connectivity index (χ1n) is 8.35. The van der Waals surface area contributed by atoms with Crippen molar-refractivity contribution in [2.24, 2.45) is 0 Å². The van der Waals surface area contributed by atoms with Crippen LogP contribution >= 0.6 is 11.6 Å². The fourth-order valence-corrected chi connectivity index (χ4v) is 3.66. The Balaban J connectivity index is 2.01. The van der Waals surface area contributed by atoms with Crippen LogP contribution in [0.1, 0.15) is 27.7 Å². The van der Waals surface area contributed by atoms with E-state index in [4.69, 9.17) is 16.0 Å². The molecule has 4 rings (SSSR count). The van der Waals surface area contributed by atoms with Crippen molar-refractivity contribution in [2.75, 3.05) is 13.2 Å². The van der Waals surface area contributed by atoms with Gasteiger partial charge in [-0.05, 0) is 23.8 Å². The van der Waals surface area contributed by atoms with E-state index in [0.29, 0.717) is 10.6 Å². The van der Waals surface area contributed by atoms with Crippen LogP contribution in [0.5, 0.6) is 0 Å². The Labute approximate surface area is 162 Å². The van der Waals surface area contributed by atoms with E-state index >= 15 is 0 Å². The third-order valence-corrected chi connectivity index (χ3v) is 4.90. The zero-order valence-corrected chi connectivity index (χ0v) is 15.0. The lowest BCUT2D eigenvalue weighted by Gasteiger charge is -2.24. The molecule has 1 aromatic heterocycles. The number of carbonyl (C=O) groups excluding carboxylic acids is 1. The molecule has 28 heavy (non-hydrogen) atoms. The van der Waals surface area contributed by atoms with Gasteiger partial charge < -0.3 is 14.4 Å². The molecule has 1 atom stereocenters. The largest absolute Gasteiger partial charge is 0.450 e. The molecule has 142 valence electrons. The van der Waals surface area contributed by atoms with Gasteiger partial charge in [0, 0.05) is 23.7 Å². The average molecular weight is 401 g/mol. The Morgan fingerprint density at radius 1 is 1.21 bits per heavy atom. The number of aliphatic hydroxyl groups is 1. The topological polar surface area (TPSA) is 114 Å². The molecule has 0 unspecified atom stereocenters. The highest BCUT2D eigenvalue weighted by Crippen LogP contribution is 2.38. The molecule has 1 amide bonds. The predicted octanol–water partition coefficient (Wildman–Crippen LogP) is 2.89. The summed E-state index contributed by atoms with van der Waals surface area (Å²) in [7, 11) is 0. The number of halogens is 1. The number of nitrogens with zero attached hydrogens (tertiary/aromatic N) is 2. The summed E-state index contributed by atoms with van der Waals surface area (Å²) < 4.78 is 5.69.